The lowest BCUT2D eigenvalue weighted by atomic mass is 10.1. The molecular weight excluding hydrogens is 343 g/mol. The third-order valence-corrected chi connectivity index (χ3v) is 4.96. The number of halogens is 1. The molecule has 25 heavy (non-hydrogen) atoms. The van der Waals surface area contributed by atoms with E-state index < -0.39 is 12.0 Å². The van der Waals surface area contributed by atoms with Gasteiger partial charge in [0.05, 0.1) is 5.39 Å². The number of carboxylic acid groups (broad SMARTS) is 1. The SMILES string of the molecule is CC(C)c1nc2scc(-c3ccc(F)cc3)c2c(=O)n1C(C)C(=O)O. The van der Waals surface area contributed by atoms with Gasteiger partial charge in [0.25, 0.3) is 5.56 Å². The number of hydrogen-bond acceptors (Lipinski definition) is 4. The van der Waals surface area contributed by atoms with Gasteiger partial charge in [-0.05, 0) is 24.6 Å². The summed E-state index contributed by atoms with van der Waals surface area (Å²) in [5.74, 6) is -1.11. The summed E-state index contributed by atoms with van der Waals surface area (Å²) in [6.45, 7) is 5.20. The van der Waals surface area contributed by atoms with Crippen molar-refractivity contribution in [3.63, 3.8) is 0 Å². The number of carbonyl (C=O) groups is 1. The van der Waals surface area contributed by atoms with Crippen molar-refractivity contribution in [2.75, 3.05) is 0 Å². The molecule has 0 bridgehead atoms. The zero-order chi connectivity index (χ0) is 18.3. The number of aromatic nitrogens is 2. The van der Waals surface area contributed by atoms with Crippen molar-refractivity contribution >= 4 is 27.5 Å². The molecule has 1 unspecified atom stereocenters. The normalized spacial score (nSPS) is 12.7. The van der Waals surface area contributed by atoms with Crippen LogP contribution in [0.1, 0.15) is 38.6 Å². The fourth-order valence-corrected chi connectivity index (χ4v) is 3.70. The average Bonchev–Trinajstić information content (AvgIpc) is 2.99. The van der Waals surface area contributed by atoms with Gasteiger partial charge in [-0.3, -0.25) is 9.36 Å². The van der Waals surface area contributed by atoms with Crippen LogP contribution in [0.4, 0.5) is 4.39 Å². The second-order valence-corrected chi connectivity index (χ2v) is 7.01. The van der Waals surface area contributed by atoms with Crippen molar-refractivity contribution < 1.29 is 14.3 Å². The summed E-state index contributed by atoms with van der Waals surface area (Å²) < 4.78 is 14.4. The average molecular weight is 360 g/mol. The predicted molar refractivity (Wildman–Crippen MR) is 95.7 cm³/mol. The number of aliphatic carboxylic acids is 1. The maximum Gasteiger partial charge on any atom is 0.326 e. The van der Waals surface area contributed by atoms with Crippen molar-refractivity contribution in [1.29, 1.82) is 0 Å². The Bertz CT molecular complexity index is 1010. The van der Waals surface area contributed by atoms with E-state index in [2.05, 4.69) is 4.98 Å². The molecule has 1 aromatic carbocycles. The highest BCUT2D eigenvalue weighted by molar-refractivity contribution is 7.17. The van der Waals surface area contributed by atoms with Gasteiger partial charge in [-0.2, -0.15) is 0 Å². The highest BCUT2D eigenvalue weighted by atomic mass is 32.1. The number of nitrogens with zero attached hydrogens (tertiary/aromatic N) is 2. The van der Waals surface area contributed by atoms with Gasteiger partial charge in [0.1, 0.15) is 22.5 Å². The fraction of sp³-hybridized carbons (Fsp3) is 0.278. The monoisotopic (exact) mass is 360 g/mol. The van der Waals surface area contributed by atoms with Crippen molar-refractivity contribution in [3.8, 4) is 11.1 Å². The molecule has 0 radical (unpaired) electrons. The summed E-state index contributed by atoms with van der Waals surface area (Å²) >= 11 is 1.32. The second kappa shape index (κ2) is 6.40. The smallest absolute Gasteiger partial charge is 0.326 e. The van der Waals surface area contributed by atoms with Crippen LogP contribution in [0.2, 0.25) is 0 Å². The highest BCUT2D eigenvalue weighted by Crippen LogP contribution is 2.32. The lowest BCUT2D eigenvalue weighted by Crippen LogP contribution is -2.32. The number of carboxylic acids is 1. The maximum atomic E-state index is 13.2. The van der Waals surface area contributed by atoms with Gasteiger partial charge >= 0.3 is 5.97 Å². The molecule has 130 valence electrons. The molecular formula is C18H17FN2O3S. The summed E-state index contributed by atoms with van der Waals surface area (Å²) in [5, 5.41) is 11.5. The predicted octanol–water partition coefficient (Wildman–Crippen LogP) is 4.03. The minimum atomic E-state index is -1.09. The number of benzene rings is 1. The van der Waals surface area contributed by atoms with E-state index in [-0.39, 0.29) is 17.3 Å². The van der Waals surface area contributed by atoms with Gasteiger partial charge in [-0.25, -0.2) is 14.2 Å². The molecule has 1 N–H and O–H groups in total. The number of thiophene rings is 1. The molecule has 0 aliphatic rings. The van der Waals surface area contributed by atoms with Crippen LogP contribution in [0.15, 0.2) is 34.4 Å². The summed E-state index contributed by atoms with van der Waals surface area (Å²) in [6.07, 6.45) is 0. The first-order valence-electron chi connectivity index (χ1n) is 7.83. The van der Waals surface area contributed by atoms with Crippen LogP contribution in [0.5, 0.6) is 0 Å². The summed E-state index contributed by atoms with van der Waals surface area (Å²) in [4.78, 5) is 29.7. The van der Waals surface area contributed by atoms with Gasteiger partial charge in [-0.1, -0.05) is 26.0 Å². The molecule has 7 heteroatoms. The van der Waals surface area contributed by atoms with Crippen molar-refractivity contribution in [3.05, 3.63) is 51.6 Å². The minimum absolute atomic E-state index is 0.102. The molecule has 2 aromatic heterocycles. The third kappa shape index (κ3) is 2.95. The first-order chi connectivity index (χ1) is 11.8. The largest absolute Gasteiger partial charge is 0.480 e. The Morgan fingerprint density at radius 3 is 2.44 bits per heavy atom. The highest BCUT2D eigenvalue weighted by Gasteiger charge is 2.24. The molecule has 1 atom stereocenters. The van der Waals surface area contributed by atoms with Crippen LogP contribution in [0.25, 0.3) is 21.3 Å². The lowest BCUT2D eigenvalue weighted by Gasteiger charge is -2.18. The van der Waals surface area contributed by atoms with E-state index >= 15 is 0 Å². The van der Waals surface area contributed by atoms with Crippen LogP contribution in [0.3, 0.4) is 0 Å². The van der Waals surface area contributed by atoms with Crippen molar-refractivity contribution in [1.82, 2.24) is 9.55 Å². The molecule has 0 fully saturated rings. The summed E-state index contributed by atoms with van der Waals surface area (Å²) in [5.41, 5.74) is 0.946. The van der Waals surface area contributed by atoms with Crippen LogP contribution in [-0.4, -0.2) is 20.6 Å². The topological polar surface area (TPSA) is 72.2 Å². The molecule has 0 saturated heterocycles. The molecule has 5 nitrogen and oxygen atoms in total. The Hall–Kier alpha value is -2.54. The molecule has 3 rings (SSSR count). The van der Waals surface area contributed by atoms with E-state index in [1.54, 1.807) is 17.5 Å². The molecule has 0 aliphatic carbocycles. The minimum Gasteiger partial charge on any atom is -0.480 e. The van der Waals surface area contributed by atoms with Crippen molar-refractivity contribution in [2.24, 2.45) is 0 Å². The Morgan fingerprint density at radius 1 is 1.24 bits per heavy atom. The molecule has 0 spiro atoms. The number of hydrogen-bond donors (Lipinski definition) is 1. The lowest BCUT2D eigenvalue weighted by molar-refractivity contribution is -0.140. The number of rotatable bonds is 4. The third-order valence-electron chi connectivity index (χ3n) is 4.08. The maximum absolute atomic E-state index is 13.2. The molecule has 3 aromatic rings. The molecule has 0 amide bonds. The zero-order valence-electron chi connectivity index (χ0n) is 14.0. The zero-order valence-corrected chi connectivity index (χ0v) is 14.8. The van der Waals surface area contributed by atoms with Gasteiger partial charge in [0.2, 0.25) is 0 Å². The first-order valence-corrected chi connectivity index (χ1v) is 8.71. The van der Waals surface area contributed by atoms with E-state index in [0.29, 0.717) is 27.2 Å². The Labute approximate surface area is 147 Å². The summed E-state index contributed by atoms with van der Waals surface area (Å²) in [7, 11) is 0. The first kappa shape index (κ1) is 17.3. The van der Waals surface area contributed by atoms with Crippen LogP contribution >= 0.6 is 11.3 Å². The van der Waals surface area contributed by atoms with E-state index in [4.69, 9.17) is 0 Å². The van der Waals surface area contributed by atoms with Gasteiger partial charge in [0, 0.05) is 16.9 Å². The Morgan fingerprint density at radius 2 is 1.88 bits per heavy atom. The van der Waals surface area contributed by atoms with E-state index in [1.807, 2.05) is 13.8 Å². The standard InChI is InChI=1S/C18H17FN2O3S/c1-9(2)15-20-16-14(17(22)21(15)10(3)18(23)24)13(8-25-16)11-4-6-12(19)7-5-11/h4-10H,1-3H3,(H,23,24). The van der Waals surface area contributed by atoms with E-state index in [1.165, 1.54) is 35.0 Å². The quantitative estimate of drug-likeness (QED) is 0.762. The summed E-state index contributed by atoms with van der Waals surface area (Å²) in [6, 6.07) is 4.82. The van der Waals surface area contributed by atoms with E-state index in [9.17, 15) is 19.1 Å². The molecule has 0 aliphatic heterocycles. The van der Waals surface area contributed by atoms with Gasteiger partial charge < -0.3 is 5.11 Å². The second-order valence-electron chi connectivity index (χ2n) is 6.15. The number of fused-ring (bicyclic) bond motifs is 1. The molecule has 0 saturated carbocycles. The van der Waals surface area contributed by atoms with Crippen LogP contribution < -0.4 is 5.56 Å². The molecule has 2 heterocycles. The van der Waals surface area contributed by atoms with Crippen LogP contribution in [-0.2, 0) is 4.79 Å². The Balaban J connectivity index is 2.34. The van der Waals surface area contributed by atoms with Crippen molar-refractivity contribution in [2.45, 2.75) is 32.7 Å². The van der Waals surface area contributed by atoms with E-state index in [0.717, 1.165) is 0 Å². The Kier molecular flexibility index (Phi) is 4.43. The van der Waals surface area contributed by atoms with Crippen LogP contribution in [0, 0.1) is 5.82 Å². The van der Waals surface area contributed by atoms with Gasteiger partial charge in [0.15, 0.2) is 0 Å². The van der Waals surface area contributed by atoms with Gasteiger partial charge in [-0.15, -0.1) is 11.3 Å². The fourth-order valence-electron chi connectivity index (χ4n) is 2.75.